The van der Waals surface area contributed by atoms with Gasteiger partial charge in [0.15, 0.2) is 5.76 Å². The van der Waals surface area contributed by atoms with Gasteiger partial charge in [-0.1, -0.05) is 15.9 Å². The second-order valence-electron chi connectivity index (χ2n) is 3.79. The van der Waals surface area contributed by atoms with Gasteiger partial charge in [-0.05, 0) is 12.1 Å². The first-order valence-electron chi connectivity index (χ1n) is 5.50. The summed E-state index contributed by atoms with van der Waals surface area (Å²) in [6.07, 6.45) is 0.652. The molecule has 0 radical (unpaired) electrons. The average molecular weight is 313 g/mol. The number of carbonyl (C=O) groups excluding carboxylic acids is 1. The normalized spacial score (nSPS) is 14.4. The maximum atomic E-state index is 11.2. The highest BCUT2D eigenvalue weighted by atomic mass is 79.9. The Hall–Kier alpha value is -1.49. The third-order valence-corrected chi connectivity index (χ3v) is 3.26. The van der Waals surface area contributed by atoms with Gasteiger partial charge in [0.05, 0.1) is 19.3 Å². The molecular weight excluding hydrogens is 300 g/mol. The van der Waals surface area contributed by atoms with Crippen molar-refractivity contribution >= 4 is 27.7 Å². The van der Waals surface area contributed by atoms with Gasteiger partial charge in [-0.25, -0.2) is 0 Å². The third-order valence-electron chi connectivity index (χ3n) is 2.50. The molecule has 5 heteroatoms. The Labute approximate surface area is 114 Å². The van der Waals surface area contributed by atoms with E-state index in [4.69, 9.17) is 14.2 Å². The number of hydrogen-bond donors (Lipinski definition) is 0. The lowest BCUT2D eigenvalue weighted by Crippen LogP contribution is -2.00. The fourth-order valence-corrected chi connectivity index (χ4v) is 2.16. The van der Waals surface area contributed by atoms with Crippen molar-refractivity contribution in [2.24, 2.45) is 0 Å². The number of esters is 1. The van der Waals surface area contributed by atoms with Crippen LogP contribution in [0.25, 0.3) is 5.76 Å². The summed E-state index contributed by atoms with van der Waals surface area (Å²) in [4.78, 5) is 11.2. The minimum absolute atomic E-state index is 0.356. The minimum Gasteiger partial charge on any atom is -0.497 e. The summed E-state index contributed by atoms with van der Waals surface area (Å²) in [5.74, 6) is 1.51. The monoisotopic (exact) mass is 312 g/mol. The van der Waals surface area contributed by atoms with Crippen LogP contribution in [0.15, 0.2) is 22.7 Å². The molecule has 0 saturated heterocycles. The van der Waals surface area contributed by atoms with Crippen molar-refractivity contribution in [3.63, 3.8) is 0 Å². The fraction of sp³-hybridized carbons (Fsp3) is 0.308. The van der Waals surface area contributed by atoms with E-state index in [0.717, 1.165) is 10.0 Å². The van der Waals surface area contributed by atoms with E-state index >= 15 is 0 Å². The Morgan fingerprint density at radius 3 is 2.89 bits per heavy atom. The first-order valence-corrected chi connectivity index (χ1v) is 6.29. The summed E-state index contributed by atoms with van der Waals surface area (Å²) < 4.78 is 16.9. The van der Waals surface area contributed by atoms with Crippen LogP contribution in [0, 0.1) is 0 Å². The summed E-state index contributed by atoms with van der Waals surface area (Å²) in [6, 6.07) is 5.40. The van der Waals surface area contributed by atoms with Gasteiger partial charge in [0.25, 0.3) is 0 Å². The van der Waals surface area contributed by atoms with E-state index in [1.807, 2.05) is 6.07 Å². The van der Waals surface area contributed by atoms with Gasteiger partial charge >= 0.3 is 5.97 Å². The standard InChI is InChI=1S/C13H13BrO4/c1-8(15)18-13-10-4-3-9(16-2)7-12(10)17-6-5-11(13)14/h3-4,7H,5-6H2,1-2H3. The second kappa shape index (κ2) is 5.44. The van der Waals surface area contributed by atoms with Crippen molar-refractivity contribution in [1.82, 2.24) is 0 Å². The molecule has 0 saturated carbocycles. The molecule has 1 heterocycles. The molecule has 0 aromatic heterocycles. The topological polar surface area (TPSA) is 44.8 Å². The number of fused-ring (bicyclic) bond motifs is 1. The molecule has 0 fully saturated rings. The van der Waals surface area contributed by atoms with Gasteiger partial charge in [0.2, 0.25) is 0 Å². The molecule has 1 aromatic carbocycles. The fourth-order valence-electron chi connectivity index (χ4n) is 1.70. The van der Waals surface area contributed by atoms with Crippen LogP contribution < -0.4 is 9.47 Å². The highest BCUT2D eigenvalue weighted by molar-refractivity contribution is 9.11. The predicted octanol–water partition coefficient (Wildman–Crippen LogP) is 3.10. The number of benzene rings is 1. The van der Waals surface area contributed by atoms with E-state index in [1.54, 1.807) is 19.2 Å². The molecule has 0 atom stereocenters. The van der Waals surface area contributed by atoms with Gasteiger partial charge in [0, 0.05) is 23.9 Å². The highest BCUT2D eigenvalue weighted by Gasteiger charge is 2.20. The quantitative estimate of drug-likeness (QED) is 0.787. The molecular formula is C13H13BrO4. The SMILES string of the molecule is COc1ccc2c(c1)OCCC(Br)=C2OC(C)=O. The van der Waals surface area contributed by atoms with E-state index < -0.39 is 0 Å². The van der Waals surface area contributed by atoms with Crippen molar-refractivity contribution in [2.75, 3.05) is 13.7 Å². The van der Waals surface area contributed by atoms with Gasteiger partial charge < -0.3 is 14.2 Å². The van der Waals surface area contributed by atoms with Gasteiger partial charge in [-0.2, -0.15) is 0 Å². The molecule has 0 N–H and O–H groups in total. The summed E-state index contributed by atoms with van der Waals surface area (Å²) >= 11 is 3.43. The van der Waals surface area contributed by atoms with Gasteiger partial charge in [-0.3, -0.25) is 4.79 Å². The van der Waals surface area contributed by atoms with Gasteiger partial charge in [0.1, 0.15) is 11.5 Å². The molecule has 0 spiro atoms. The number of hydrogen-bond acceptors (Lipinski definition) is 4. The van der Waals surface area contributed by atoms with E-state index in [0.29, 0.717) is 30.3 Å². The van der Waals surface area contributed by atoms with E-state index in [2.05, 4.69) is 15.9 Å². The average Bonchev–Trinajstić information content (AvgIpc) is 2.49. The van der Waals surface area contributed by atoms with Crippen molar-refractivity contribution in [2.45, 2.75) is 13.3 Å². The van der Waals surface area contributed by atoms with Crippen LogP contribution in [0.1, 0.15) is 18.9 Å². The van der Waals surface area contributed by atoms with Gasteiger partial charge in [-0.15, -0.1) is 0 Å². The molecule has 1 aromatic rings. The Kier molecular flexibility index (Phi) is 3.91. The van der Waals surface area contributed by atoms with E-state index in [-0.39, 0.29) is 5.97 Å². The molecule has 0 unspecified atom stereocenters. The molecule has 0 amide bonds. The third kappa shape index (κ3) is 2.67. The smallest absolute Gasteiger partial charge is 0.308 e. The van der Waals surface area contributed by atoms with Crippen LogP contribution in [-0.4, -0.2) is 19.7 Å². The molecule has 18 heavy (non-hydrogen) atoms. The lowest BCUT2D eigenvalue weighted by molar-refractivity contribution is -0.134. The lowest BCUT2D eigenvalue weighted by Gasteiger charge is -2.12. The van der Waals surface area contributed by atoms with Crippen LogP contribution in [0.2, 0.25) is 0 Å². The van der Waals surface area contributed by atoms with Crippen molar-refractivity contribution in [3.8, 4) is 11.5 Å². The van der Waals surface area contributed by atoms with E-state index in [9.17, 15) is 4.79 Å². The van der Waals surface area contributed by atoms with Crippen LogP contribution in [0.5, 0.6) is 11.5 Å². The van der Waals surface area contributed by atoms with Crippen LogP contribution in [-0.2, 0) is 9.53 Å². The van der Waals surface area contributed by atoms with Crippen LogP contribution >= 0.6 is 15.9 Å². The zero-order chi connectivity index (χ0) is 13.1. The predicted molar refractivity (Wildman–Crippen MR) is 70.7 cm³/mol. The molecule has 1 aliphatic rings. The zero-order valence-electron chi connectivity index (χ0n) is 10.2. The van der Waals surface area contributed by atoms with Crippen molar-refractivity contribution < 1.29 is 19.0 Å². The molecule has 96 valence electrons. The Morgan fingerprint density at radius 2 is 2.22 bits per heavy atom. The number of ether oxygens (including phenoxy) is 3. The van der Waals surface area contributed by atoms with Crippen LogP contribution in [0.4, 0.5) is 0 Å². The zero-order valence-corrected chi connectivity index (χ0v) is 11.7. The molecule has 4 nitrogen and oxygen atoms in total. The Morgan fingerprint density at radius 1 is 1.44 bits per heavy atom. The maximum absolute atomic E-state index is 11.2. The number of methoxy groups -OCH3 is 1. The second-order valence-corrected chi connectivity index (χ2v) is 4.75. The van der Waals surface area contributed by atoms with E-state index in [1.165, 1.54) is 6.92 Å². The molecule has 1 aliphatic heterocycles. The number of rotatable bonds is 2. The first-order chi connectivity index (χ1) is 8.61. The van der Waals surface area contributed by atoms with Crippen molar-refractivity contribution in [3.05, 3.63) is 28.2 Å². The number of carbonyl (C=O) groups is 1. The summed E-state index contributed by atoms with van der Waals surface area (Å²) in [7, 11) is 1.59. The Bertz CT molecular complexity index is 508. The van der Waals surface area contributed by atoms with Crippen LogP contribution in [0.3, 0.4) is 0 Å². The summed E-state index contributed by atoms with van der Waals surface area (Å²) in [6.45, 7) is 1.90. The minimum atomic E-state index is -0.356. The Balaban J connectivity index is 2.48. The van der Waals surface area contributed by atoms with Crippen molar-refractivity contribution in [1.29, 1.82) is 0 Å². The highest BCUT2D eigenvalue weighted by Crippen LogP contribution is 2.37. The molecule has 0 aliphatic carbocycles. The molecule has 2 rings (SSSR count). The molecule has 0 bridgehead atoms. The summed E-state index contributed by atoms with van der Waals surface area (Å²) in [5, 5.41) is 0. The lowest BCUT2D eigenvalue weighted by atomic mass is 10.1. The summed E-state index contributed by atoms with van der Waals surface area (Å²) in [5.41, 5.74) is 0.746. The number of halogens is 1. The first kappa shape index (κ1) is 13.0. The largest absolute Gasteiger partial charge is 0.497 e. The maximum Gasteiger partial charge on any atom is 0.308 e.